The molecule has 18 heavy (non-hydrogen) atoms. The molecule has 1 aromatic carbocycles. The van der Waals surface area contributed by atoms with Crippen molar-refractivity contribution in [3.8, 4) is 5.75 Å². The lowest BCUT2D eigenvalue weighted by Gasteiger charge is -2.20. The van der Waals surface area contributed by atoms with Gasteiger partial charge in [0, 0.05) is 5.56 Å². The molecule has 0 aliphatic heterocycles. The van der Waals surface area contributed by atoms with E-state index >= 15 is 0 Å². The summed E-state index contributed by atoms with van der Waals surface area (Å²) in [6, 6.07) is 6.12. The summed E-state index contributed by atoms with van der Waals surface area (Å²) in [6.07, 6.45) is 3.19. The number of carboxylic acids is 1. The first-order valence-corrected chi connectivity index (χ1v) is 6.30. The first-order valence-electron chi connectivity index (χ1n) is 6.30. The zero-order valence-corrected chi connectivity index (χ0v) is 10.4. The molecule has 3 rings (SSSR count). The minimum atomic E-state index is -0.663. The number of aliphatic carboxylic acids is 1. The number of rotatable bonds is 2. The lowest BCUT2D eigenvalue weighted by molar-refractivity contribution is -0.142. The Morgan fingerprint density at radius 3 is 3.00 bits per heavy atom. The van der Waals surface area contributed by atoms with Crippen molar-refractivity contribution in [1.29, 1.82) is 0 Å². The molecule has 0 saturated carbocycles. The van der Waals surface area contributed by atoms with E-state index < -0.39 is 5.97 Å². The molecule has 3 heteroatoms. The predicted molar refractivity (Wildman–Crippen MR) is 68.6 cm³/mol. The molecule has 3 nitrogen and oxygen atoms in total. The molecule has 1 unspecified atom stereocenters. The first kappa shape index (κ1) is 11.3. The van der Waals surface area contributed by atoms with Gasteiger partial charge in [0.05, 0.1) is 13.0 Å². The highest BCUT2D eigenvalue weighted by Crippen LogP contribution is 2.45. The topological polar surface area (TPSA) is 46.5 Å². The van der Waals surface area contributed by atoms with E-state index in [4.69, 9.17) is 9.84 Å². The number of benzene rings is 1. The van der Waals surface area contributed by atoms with Gasteiger partial charge in [-0.25, -0.2) is 0 Å². The number of fused-ring (bicyclic) bond motifs is 2. The summed E-state index contributed by atoms with van der Waals surface area (Å²) in [6.45, 7) is 0. The zero-order chi connectivity index (χ0) is 12.7. The average Bonchev–Trinajstić information content (AvgIpc) is 2.75. The third-order valence-corrected chi connectivity index (χ3v) is 4.08. The fourth-order valence-corrected chi connectivity index (χ4v) is 3.17. The quantitative estimate of drug-likeness (QED) is 0.870. The first-order chi connectivity index (χ1) is 8.70. The maximum Gasteiger partial charge on any atom is 0.306 e. The lowest BCUT2D eigenvalue weighted by atomic mass is 9.84. The molecule has 0 amide bonds. The Kier molecular flexibility index (Phi) is 2.62. The molecule has 1 aromatic rings. The van der Waals surface area contributed by atoms with Crippen LogP contribution in [0.4, 0.5) is 0 Å². The molecule has 0 fully saturated rings. The van der Waals surface area contributed by atoms with E-state index in [1.807, 2.05) is 12.1 Å². The second-order valence-corrected chi connectivity index (χ2v) is 5.02. The number of hydrogen-bond donors (Lipinski definition) is 1. The van der Waals surface area contributed by atoms with E-state index in [0.717, 1.165) is 25.0 Å². The van der Waals surface area contributed by atoms with Crippen molar-refractivity contribution in [2.24, 2.45) is 5.92 Å². The van der Waals surface area contributed by atoms with Crippen molar-refractivity contribution in [1.82, 2.24) is 0 Å². The van der Waals surface area contributed by atoms with Crippen LogP contribution < -0.4 is 4.74 Å². The fourth-order valence-electron chi connectivity index (χ4n) is 3.17. The maximum absolute atomic E-state index is 11.1. The van der Waals surface area contributed by atoms with Crippen molar-refractivity contribution in [3.05, 3.63) is 34.9 Å². The van der Waals surface area contributed by atoms with Crippen LogP contribution in [0.3, 0.4) is 0 Å². The minimum Gasteiger partial charge on any atom is -0.496 e. The average molecular weight is 244 g/mol. The highest BCUT2D eigenvalue weighted by Gasteiger charge is 2.32. The van der Waals surface area contributed by atoms with Gasteiger partial charge in [-0.3, -0.25) is 4.79 Å². The Balaban J connectivity index is 1.96. The molecule has 0 aromatic heterocycles. The minimum absolute atomic E-state index is 0.205. The van der Waals surface area contributed by atoms with Crippen LogP contribution in [0.2, 0.25) is 0 Å². The summed E-state index contributed by atoms with van der Waals surface area (Å²) >= 11 is 0. The predicted octanol–water partition coefficient (Wildman–Crippen LogP) is 2.89. The Labute approximate surface area is 106 Å². The molecule has 1 atom stereocenters. The van der Waals surface area contributed by atoms with Gasteiger partial charge in [-0.15, -0.1) is 0 Å². The van der Waals surface area contributed by atoms with Crippen LogP contribution in [-0.4, -0.2) is 18.2 Å². The second kappa shape index (κ2) is 4.16. The third-order valence-electron chi connectivity index (χ3n) is 4.08. The normalized spacial score (nSPS) is 21.5. The largest absolute Gasteiger partial charge is 0.496 e. The lowest BCUT2D eigenvalue weighted by Crippen LogP contribution is -2.17. The highest BCUT2D eigenvalue weighted by atomic mass is 16.5. The van der Waals surface area contributed by atoms with E-state index in [1.54, 1.807) is 7.11 Å². The third kappa shape index (κ3) is 1.62. The number of ether oxygens (including phenoxy) is 1. The highest BCUT2D eigenvalue weighted by molar-refractivity contribution is 5.81. The van der Waals surface area contributed by atoms with Crippen molar-refractivity contribution in [3.63, 3.8) is 0 Å². The van der Waals surface area contributed by atoms with Gasteiger partial charge in [-0.1, -0.05) is 17.7 Å². The SMILES string of the molecule is COc1cccc2c1CC1=C2CCC(C(=O)O)C1. The second-order valence-electron chi connectivity index (χ2n) is 5.02. The molecule has 94 valence electrons. The summed E-state index contributed by atoms with van der Waals surface area (Å²) < 4.78 is 5.39. The molecule has 0 heterocycles. The van der Waals surface area contributed by atoms with Crippen LogP contribution in [-0.2, 0) is 11.2 Å². The van der Waals surface area contributed by atoms with Crippen molar-refractivity contribution < 1.29 is 14.6 Å². The van der Waals surface area contributed by atoms with Crippen LogP contribution in [0.25, 0.3) is 5.57 Å². The molecule has 2 aliphatic rings. The van der Waals surface area contributed by atoms with Gasteiger partial charge >= 0.3 is 5.97 Å². The number of carbonyl (C=O) groups is 1. The van der Waals surface area contributed by atoms with Crippen LogP contribution in [0.1, 0.15) is 30.4 Å². The molecule has 1 N–H and O–H groups in total. The Bertz CT molecular complexity index is 543. The molecule has 0 saturated heterocycles. The molecular weight excluding hydrogens is 228 g/mol. The number of allylic oxidation sites excluding steroid dienone is 2. The monoisotopic (exact) mass is 244 g/mol. The van der Waals surface area contributed by atoms with E-state index in [0.29, 0.717) is 6.42 Å². The van der Waals surface area contributed by atoms with Gasteiger partial charge in [0.25, 0.3) is 0 Å². The van der Waals surface area contributed by atoms with Crippen LogP contribution in [0.15, 0.2) is 23.8 Å². The van der Waals surface area contributed by atoms with Gasteiger partial charge < -0.3 is 9.84 Å². The zero-order valence-electron chi connectivity index (χ0n) is 10.4. The Morgan fingerprint density at radius 2 is 2.28 bits per heavy atom. The summed E-state index contributed by atoms with van der Waals surface area (Å²) in [5.41, 5.74) is 5.17. The van der Waals surface area contributed by atoms with Gasteiger partial charge in [0.15, 0.2) is 0 Å². The summed E-state index contributed by atoms with van der Waals surface area (Å²) in [5, 5.41) is 9.13. The number of methoxy groups -OCH3 is 1. The van der Waals surface area contributed by atoms with E-state index in [1.165, 1.54) is 22.3 Å². The number of carboxylic acid groups (broad SMARTS) is 1. The summed E-state index contributed by atoms with van der Waals surface area (Å²) in [4.78, 5) is 11.1. The van der Waals surface area contributed by atoms with Crippen molar-refractivity contribution >= 4 is 11.5 Å². The Morgan fingerprint density at radius 1 is 1.44 bits per heavy atom. The van der Waals surface area contributed by atoms with E-state index in [9.17, 15) is 4.79 Å². The van der Waals surface area contributed by atoms with Gasteiger partial charge in [0.2, 0.25) is 0 Å². The van der Waals surface area contributed by atoms with Crippen LogP contribution in [0.5, 0.6) is 5.75 Å². The van der Waals surface area contributed by atoms with Gasteiger partial charge in [-0.05, 0) is 42.9 Å². The van der Waals surface area contributed by atoms with E-state index in [-0.39, 0.29) is 5.92 Å². The summed E-state index contributed by atoms with van der Waals surface area (Å²) in [5.74, 6) is 0.0577. The van der Waals surface area contributed by atoms with Crippen LogP contribution >= 0.6 is 0 Å². The van der Waals surface area contributed by atoms with Crippen molar-refractivity contribution in [2.45, 2.75) is 25.7 Å². The Hall–Kier alpha value is -1.77. The smallest absolute Gasteiger partial charge is 0.306 e. The van der Waals surface area contributed by atoms with Crippen LogP contribution in [0, 0.1) is 5.92 Å². The maximum atomic E-state index is 11.1. The molecule has 0 radical (unpaired) electrons. The van der Waals surface area contributed by atoms with Crippen molar-refractivity contribution in [2.75, 3.05) is 7.11 Å². The standard InChI is InChI=1S/C15H16O3/c1-18-14-4-2-3-12-11-6-5-9(15(16)17)7-10(11)8-13(12)14/h2-4,9H,5-8H2,1H3,(H,16,17). The summed E-state index contributed by atoms with van der Waals surface area (Å²) in [7, 11) is 1.69. The molecular formula is C15H16O3. The fraction of sp³-hybridized carbons (Fsp3) is 0.400. The van der Waals surface area contributed by atoms with E-state index in [2.05, 4.69) is 6.07 Å². The molecule has 2 aliphatic carbocycles. The van der Waals surface area contributed by atoms with Gasteiger partial charge in [0.1, 0.15) is 5.75 Å². The van der Waals surface area contributed by atoms with Gasteiger partial charge in [-0.2, -0.15) is 0 Å². The molecule has 0 spiro atoms. The molecule has 0 bridgehead atoms. The number of hydrogen-bond acceptors (Lipinski definition) is 2.